The highest BCUT2D eigenvalue weighted by molar-refractivity contribution is 7.00. The summed E-state index contributed by atoms with van der Waals surface area (Å²) >= 11 is 1.03. The number of fused-ring (bicyclic) bond motifs is 1. The van der Waals surface area contributed by atoms with Crippen molar-refractivity contribution in [3.05, 3.63) is 52.1 Å². The van der Waals surface area contributed by atoms with Gasteiger partial charge in [0.1, 0.15) is 16.7 Å². The summed E-state index contributed by atoms with van der Waals surface area (Å²) < 4.78 is 13.3. The van der Waals surface area contributed by atoms with Crippen LogP contribution in [0.25, 0.3) is 11.0 Å². The van der Waals surface area contributed by atoms with Gasteiger partial charge in [0.25, 0.3) is 11.6 Å². The Bertz CT molecular complexity index is 1140. The Morgan fingerprint density at radius 2 is 1.97 bits per heavy atom. The predicted octanol–water partition coefficient (Wildman–Crippen LogP) is 3.39. The molecular weight excluding hydrogens is 422 g/mol. The second kappa shape index (κ2) is 9.04. The molecule has 160 valence electrons. The molecule has 2 heterocycles. The normalized spacial score (nSPS) is 13.7. The first-order valence-corrected chi connectivity index (χ1v) is 10.5. The number of benzene rings is 2. The topological polar surface area (TPSA) is 128 Å². The van der Waals surface area contributed by atoms with Crippen LogP contribution in [0.5, 0.6) is 0 Å². The summed E-state index contributed by atoms with van der Waals surface area (Å²) in [7, 11) is 0. The average molecular weight is 441 g/mol. The van der Waals surface area contributed by atoms with Crippen molar-refractivity contribution >= 4 is 51.7 Å². The standard InChI is InChI=1S/C20H19N5O5S/c26-18(21-14-5-4-6-15-19(14)23-31-22-15)12-30-20(27)13-7-8-16(17(11-13)25(28)29)24-9-2-1-3-10-24/h4-8,11H,1-3,9-10,12H2,(H,21,26). The molecule has 11 heteroatoms. The number of ether oxygens (including phenoxy) is 1. The first-order valence-electron chi connectivity index (χ1n) is 9.74. The highest BCUT2D eigenvalue weighted by atomic mass is 32.1. The summed E-state index contributed by atoms with van der Waals surface area (Å²) in [5, 5.41) is 14.2. The van der Waals surface area contributed by atoms with Crippen LogP contribution < -0.4 is 10.2 Å². The van der Waals surface area contributed by atoms with Gasteiger partial charge in [0.05, 0.1) is 27.9 Å². The van der Waals surface area contributed by atoms with E-state index in [4.69, 9.17) is 4.74 Å². The third-order valence-electron chi connectivity index (χ3n) is 5.00. The third kappa shape index (κ3) is 4.61. The molecule has 2 aromatic carbocycles. The Hall–Kier alpha value is -3.60. The van der Waals surface area contributed by atoms with Crippen molar-refractivity contribution in [3.8, 4) is 0 Å². The molecule has 10 nitrogen and oxygen atoms in total. The Labute approximate surface area is 181 Å². The number of nitrogens with zero attached hydrogens (tertiary/aromatic N) is 4. The zero-order chi connectivity index (χ0) is 21.8. The minimum atomic E-state index is -0.808. The number of piperidine rings is 1. The molecule has 1 N–H and O–H groups in total. The number of aromatic nitrogens is 2. The van der Waals surface area contributed by atoms with E-state index >= 15 is 0 Å². The molecule has 1 amide bonds. The van der Waals surface area contributed by atoms with Gasteiger partial charge in [-0.3, -0.25) is 14.9 Å². The van der Waals surface area contributed by atoms with Crippen molar-refractivity contribution in [1.82, 2.24) is 8.75 Å². The molecule has 0 aliphatic carbocycles. The maximum Gasteiger partial charge on any atom is 0.338 e. The van der Waals surface area contributed by atoms with Crippen molar-refractivity contribution in [3.63, 3.8) is 0 Å². The molecule has 1 aromatic heterocycles. The van der Waals surface area contributed by atoms with Crippen molar-refractivity contribution in [2.75, 3.05) is 29.9 Å². The van der Waals surface area contributed by atoms with E-state index in [9.17, 15) is 19.7 Å². The number of nitro groups is 1. The van der Waals surface area contributed by atoms with Crippen molar-refractivity contribution in [2.24, 2.45) is 0 Å². The van der Waals surface area contributed by atoms with Crippen LogP contribution in [-0.4, -0.2) is 45.2 Å². The van der Waals surface area contributed by atoms with Crippen LogP contribution in [0.4, 0.5) is 17.1 Å². The van der Waals surface area contributed by atoms with Crippen LogP contribution in [0, 0.1) is 10.1 Å². The second-order valence-electron chi connectivity index (χ2n) is 7.07. The van der Waals surface area contributed by atoms with E-state index in [0.717, 1.165) is 44.1 Å². The lowest BCUT2D eigenvalue weighted by molar-refractivity contribution is -0.384. The van der Waals surface area contributed by atoms with Gasteiger partial charge in [0.2, 0.25) is 0 Å². The van der Waals surface area contributed by atoms with E-state index in [2.05, 4.69) is 14.1 Å². The number of amides is 1. The van der Waals surface area contributed by atoms with Gasteiger partial charge >= 0.3 is 5.97 Å². The first-order chi connectivity index (χ1) is 15.0. The van der Waals surface area contributed by atoms with Gasteiger partial charge in [-0.1, -0.05) is 6.07 Å². The molecule has 4 rings (SSSR count). The second-order valence-corrected chi connectivity index (χ2v) is 7.60. The SMILES string of the molecule is O=C(COC(=O)c1ccc(N2CCCCC2)c([N+](=O)[O-])c1)Nc1cccc2nsnc12. The van der Waals surface area contributed by atoms with Crippen LogP contribution in [0.15, 0.2) is 36.4 Å². The zero-order valence-electron chi connectivity index (χ0n) is 16.4. The summed E-state index contributed by atoms with van der Waals surface area (Å²) in [4.78, 5) is 37.6. The van der Waals surface area contributed by atoms with Gasteiger partial charge in [-0.2, -0.15) is 8.75 Å². The highest BCUT2D eigenvalue weighted by Gasteiger charge is 2.24. The number of hydrogen-bond donors (Lipinski definition) is 1. The molecule has 31 heavy (non-hydrogen) atoms. The lowest BCUT2D eigenvalue weighted by atomic mass is 10.1. The summed E-state index contributed by atoms with van der Waals surface area (Å²) in [5.74, 6) is -1.36. The fourth-order valence-corrected chi connectivity index (χ4v) is 4.06. The number of carbonyl (C=O) groups excluding carboxylic acids is 2. The molecule has 1 fully saturated rings. The largest absolute Gasteiger partial charge is 0.452 e. The lowest BCUT2D eigenvalue weighted by Gasteiger charge is -2.28. The van der Waals surface area contributed by atoms with Gasteiger partial charge in [0.15, 0.2) is 6.61 Å². The van der Waals surface area contributed by atoms with E-state index in [1.807, 2.05) is 4.90 Å². The maximum absolute atomic E-state index is 12.4. The van der Waals surface area contributed by atoms with E-state index < -0.39 is 23.4 Å². The number of carbonyl (C=O) groups is 2. The number of hydrogen-bond acceptors (Lipinski definition) is 9. The average Bonchev–Trinajstić information content (AvgIpc) is 3.27. The number of esters is 1. The third-order valence-corrected chi connectivity index (χ3v) is 5.54. The smallest absolute Gasteiger partial charge is 0.338 e. The van der Waals surface area contributed by atoms with Crippen LogP contribution in [-0.2, 0) is 9.53 Å². The Kier molecular flexibility index (Phi) is 6.03. The quantitative estimate of drug-likeness (QED) is 0.350. The summed E-state index contributed by atoms with van der Waals surface area (Å²) in [5.41, 5.74) is 2.03. The Morgan fingerprint density at radius 3 is 2.74 bits per heavy atom. The number of anilines is 2. The highest BCUT2D eigenvalue weighted by Crippen LogP contribution is 2.31. The molecule has 3 aromatic rings. The summed E-state index contributed by atoms with van der Waals surface area (Å²) in [6.45, 7) is 0.951. The van der Waals surface area contributed by atoms with Crippen molar-refractivity contribution in [1.29, 1.82) is 0 Å². The van der Waals surface area contributed by atoms with Crippen LogP contribution in [0.2, 0.25) is 0 Å². The molecular formula is C20H19N5O5S. The van der Waals surface area contributed by atoms with E-state index in [0.29, 0.717) is 22.4 Å². The van der Waals surface area contributed by atoms with Gasteiger partial charge in [0, 0.05) is 19.2 Å². The maximum atomic E-state index is 12.4. The molecule has 1 aliphatic rings. The molecule has 0 atom stereocenters. The first kappa shape index (κ1) is 20.7. The van der Waals surface area contributed by atoms with Crippen molar-refractivity contribution < 1.29 is 19.2 Å². The number of nitro benzene ring substituents is 1. The zero-order valence-corrected chi connectivity index (χ0v) is 17.3. The summed E-state index contributed by atoms with van der Waals surface area (Å²) in [6, 6.07) is 9.43. The molecule has 1 saturated heterocycles. The van der Waals surface area contributed by atoms with Crippen LogP contribution in [0.3, 0.4) is 0 Å². The number of rotatable bonds is 6. The molecule has 0 unspecified atom stereocenters. The minimum absolute atomic E-state index is 0.0195. The monoisotopic (exact) mass is 441 g/mol. The van der Waals surface area contributed by atoms with Crippen LogP contribution >= 0.6 is 11.7 Å². The van der Waals surface area contributed by atoms with E-state index in [1.165, 1.54) is 12.1 Å². The molecule has 0 radical (unpaired) electrons. The van der Waals surface area contributed by atoms with E-state index in [-0.39, 0.29) is 11.3 Å². The Morgan fingerprint density at radius 1 is 1.16 bits per heavy atom. The molecule has 0 spiro atoms. The lowest BCUT2D eigenvalue weighted by Crippen LogP contribution is -2.30. The predicted molar refractivity (Wildman–Crippen MR) is 115 cm³/mol. The molecule has 0 bridgehead atoms. The summed E-state index contributed by atoms with van der Waals surface area (Å²) in [6.07, 6.45) is 3.05. The van der Waals surface area contributed by atoms with Crippen molar-refractivity contribution in [2.45, 2.75) is 19.3 Å². The number of nitrogens with one attached hydrogen (secondary N) is 1. The van der Waals surface area contributed by atoms with Gasteiger partial charge in [-0.15, -0.1) is 0 Å². The Balaban J connectivity index is 1.42. The van der Waals surface area contributed by atoms with Crippen LogP contribution in [0.1, 0.15) is 29.6 Å². The molecule has 1 aliphatic heterocycles. The van der Waals surface area contributed by atoms with E-state index in [1.54, 1.807) is 24.3 Å². The fraction of sp³-hybridized carbons (Fsp3) is 0.300. The molecule has 0 saturated carbocycles. The van der Waals surface area contributed by atoms with Gasteiger partial charge in [-0.05, 0) is 43.5 Å². The minimum Gasteiger partial charge on any atom is -0.452 e. The van der Waals surface area contributed by atoms with Gasteiger partial charge in [-0.25, -0.2) is 4.79 Å². The fourth-order valence-electron chi connectivity index (χ4n) is 3.51. The van der Waals surface area contributed by atoms with Gasteiger partial charge < -0.3 is 15.0 Å².